The number of imide groups is 1. The van der Waals surface area contributed by atoms with Gasteiger partial charge in [0.2, 0.25) is 5.91 Å². The number of rotatable bonds is 10. The zero-order valence-corrected chi connectivity index (χ0v) is 23.1. The second-order valence-electron chi connectivity index (χ2n) is 9.54. The minimum atomic E-state index is -0.765. The van der Waals surface area contributed by atoms with Crippen molar-refractivity contribution in [3.8, 4) is 23.0 Å². The van der Waals surface area contributed by atoms with Gasteiger partial charge in [0.05, 0.1) is 32.3 Å². The van der Waals surface area contributed by atoms with E-state index in [-0.39, 0.29) is 17.9 Å². The number of nitrogens with one attached hydrogen (secondary N) is 2. The van der Waals surface area contributed by atoms with Gasteiger partial charge in [-0.25, -0.2) is 9.18 Å². The van der Waals surface area contributed by atoms with E-state index < -0.39 is 17.8 Å². The summed E-state index contributed by atoms with van der Waals surface area (Å²) in [5.74, 6) is 0.161. The smallest absolute Gasteiger partial charge is 0.325 e. The van der Waals surface area contributed by atoms with E-state index in [0.717, 1.165) is 44.5 Å². The van der Waals surface area contributed by atoms with Crippen molar-refractivity contribution in [3.63, 3.8) is 0 Å². The summed E-state index contributed by atoms with van der Waals surface area (Å²) in [6, 6.07) is 17.4. The molecular formula is C31H31FN4O6. The fraction of sp³-hybridized carbons (Fsp3) is 0.258. The van der Waals surface area contributed by atoms with Gasteiger partial charge in [-0.15, -0.1) is 0 Å². The Morgan fingerprint density at radius 1 is 0.976 bits per heavy atom. The molecule has 42 heavy (non-hydrogen) atoms. The molecule has 1 saturated heterocycles. The molecule has 11 heteroatoms. The number of aromatic nitrogens is 1. The number of hydrogen-bond acceptors (Lipinski definition) is 8. The molecule has 2 heterocycles. The first-order chi connectivity index (χ1) is 20.5. The highest BCUT2D eigenvalue weighted by molar-refractivity contribution is 6.01. The molecule has 1 aliphatic rings. The molecule has 2 N–H and O–H groups in total. The molecule has 0 radical (unpaired) electrons. The molecule has 1 fully saturated rings. The number of nitrogens with zero attached hydrogens (tertiary/aromatic N) is 2. The van der Waals surface area contributed by atoms with E-state index in [1.54, 1.807) is 55.8 Å². The van der Waals surface area contributed by atoms with E-state index >= 15 is 4.39 Å². The van der Waals surface area contributed by atoms with Gasteiger partial charge in [-0.3, -0.25) is 20.0 Å². The van der Waals surface area contributed by atoms with Crippen molar-refractivity contribution in [1.29, 1.82) is 0 Å². The number of halogens is 1. The third kappa shape index (κ3) is 7.50. The third-order valence-corrected chi connectivity index (χ3v) is 6.63. The number of morpholine rings is 1. The van der Waals surface area contributed by atoms with E-state index in [1.807, 2.05) is 6.07 Å². The average Bonchev–Trinajstić information content (AvgIpc) is 2.99. The van der Waals surface area contributed by atoms with E-state index in [0.29, 0.717) is 34.8 Å². The number of carbonyl (C=O) groups is 2. The summed E-state index contributed by atoms with van der Waals surface area (Å²) >= 11 is 0. The van der Waals surface area contributed by atoms with Gasteiger partial charge < -0.3 is 24.3 Å². The standard InChI is InChI=1S/C31H31FN4O6/c1-39-28-19-23-25(20-29(28)41-16-13-36-11-14-40-15-12-36)33-10-9-26(23)42-27-8-7-22(18-24(27)32)34-31(38)35-30(37)17-21-5-3-2-4-6-21/h2-10,18-20H,11-17H2,1H3,(H2,34,35,37,38). The Labute approximate surface area is 242 Å². The van der Waals surface area contributed by atoms with Gasteiger partial charge in [-0.05, 0) is 29.8 Å². The second kappa shape index (κ2) is 13.7. The third-order valence-electron chi connectivity index (χ3n) is 6.63. The van der Waals surface area contributed by atoms with Gasteiger partial charge in [-0.2, -0.15) is 0 Å². The number of hydrogen-bond donors (Lipinski definition) is 2. The summed E-state index contributed by atoms with van der Waals surface area (Å²) in [5.41, 5.74) is 1.51. The second-order valence-corrected chi connectivity index (χ2v) is 9.54. The Morgan fingerprint density at radius 2 is 1.79 bits per heavy atom. The molecule has 10 nitrogen and oxygen atoms in total. The lowest BCUT2D eigenvalue weighted by atomic mass is 10.1. The molecule has 5 rings (SSSR count). The first-order valence-corrected chi connectivity index (χ1v) is 13.5. The number of ether oxygens (including phenoxy) is 4. The molecule has 3 aromatic carbocycles. The van der Waals surface area contributed by atoms with Crippen LogP contribution in [0, 0.1) is 5.82 Å². The van der Waals surface area contributed by atoms with Crippen LogP contribution in [0.2, 0.25) is 0 Å². The lowest BCUT2D eigenvalue weighted by molar-refractivity contribution is -0.119. The van der Waals surface area contributed by atoms with Crippen molar-refractivity contribution >= 4 is 28.5 Å². The highest BCUT2D eigenvalue weighted by Crippen LogP contribution is 2.37. The number of methoxy groups -OCH3 is 1. The summed E-state index contributed by atoms with van der Waals surface area (Å²) in [6.07, 6.45) is 1.61. The summed E-state index contributed by atoms with van der Waals surface area (Å²) < 4.78 is 37.8. The van der Waals surface area contributed by atoms with Crippen molar-refractivity contribution < 1.29 is 32.9 Å². The Balaban J connectivity index is 1.23. The zero-order valence-electron chi connectivity index (χ0n) is 23.1. The summed E-state index contributed by atoms with van der Waals surface area (Å²) in [6.45, 7) is 4.42. The summed E-state index contributed by atoms with van der Waals surface area (Å²) in [4.78, 5) is 31.1. The molecule has 0 atom stereocenters. The first-order valence-electron chi connectivity index (χ1n) is 13.5. The lowest BCUT2D eigenvalue weighted by Crippen LogP contribution is -2.38. The number of pyridine rings is 1. The maximum atomic E-state index is 15.0. The van der Waals surface area contributed by atoms with E-state index in [1.165, 1.54) is 12.1 Å². The molecular weight excluding hydrogens is 543 g/mol. The highest BCUT2D eigenvalue weighted by Gasteiger charge is 2.16. The minimum absolute atomic E-state index is 0.0438. The molecule has 3 amide bonds. The quantitative estimate of drug-likeness (QED) is 0.279. The monoisotopic (exact) mass is 574 g/mol. The van der Waals surface area contributed by atoms with Crippen LogP contribution in [0.1, 0.15) is 5.56 Å². The van der Waals surface area contributed by atoms with Crippen LogP contribution in [0.5, 0.6) is 23.0 Å². The van der Waals surface area contributed by atoms with Crippen LogP contribution >= 0.6 is 0 Å². The summed E-state index contributed by atoms with van der Waals surface area (Å²) in [7, 11) is 1.55. The predicted octanol–water partition coefficient (Wildman–Crippen LogP) is 4.78. The number of carbonyl (C=O) groups excluding carboxylic acids is 2. The SMILES string of the molecule is COc1cc2c(Oc3ccc(NC(=O)NC(=O)Cc4ccccc4)cc3F)ccnc2cc1OCCN1CCOCC1. The molecule has 0 saturated carbocycles. The topological polar surface area (TPSA) is 111 Å². The van der Waals surface area contributed by atoms with Crippen molar-refractivity contribution in [2.75, 3.05) is 51.9 Å². The van der Waals surface area contributed by atoms with Gasteiger partial charge in [-0.1, -0.05) is 30.3 Å². The van der Waals surface area contributed by atoms with Crippen molar-refractivity contribution in [2.45, 2.75) is 6.42 Å². The van der Waals surface area contributed by atoms with Gasteiger partial charge in [0.25, 0.3) is 0 Å². The Kier molecular flexibility index (Phi) is 9.42. The highest BCUT2D eigenvalue weighted by atomic mass is 19.1. The average molecular weight is 575 g/mol. The molecule has 218 valence electrons. The van der Waals surface area contributed by atoms with Crippen molar-refractivity contribution in [2.24, 2.45) is 0 Å². The van der Waals surface area contributed by atoms with Gasteiger partial charge in [0, 0.05) is 49.0 Å². The maximum absolute atomic E-state index is 15.0. The van der Waals surface area contributed by atoms with Crippen LogP contribution in [0.25, 0.3) is 10.9 Å². The molecule has 1 aromatic heterocycles. The van der Waals surface area contributed by atoms with Gasteiger partial charge in [0.15, 0.2) is 23.1 Å². The lowest BCUT2D eigenvalue weighted by Gasteiger charge is -2.26. The fourth-order valence-corrected chi connectivity index (χ4v) is 4.49. The predicted molar refractivity (Wildman–Crippen MR) is 155 cm³/mol. The van der Waals surface area contributed by atoms with E-state index in [9.17, 15) is 9.59 Å². The molecule has 0 unspecified atom stereocenters. The van der Waals surface area contributed by atoms with Crippen LogP contribution < -0.4 is 24.8 Å². The normalized spacial score (nSPS) is 13.4. The molecule has 0 spiro atoms. The number of anilines is 1. The van der Waals surface area contributed by atoms with Crippen LogP contribution in [-0.4, -0.2) is 68.4 Å². The first kappa shape index (κ1) is 28.8. The van der Waals surface area contributed by atoms with Crippen LogP contribution in [0.4, 0.5) is 14.9 Å². The van der Waals surface area contributed by atoms with E-state index in [4.69, 9.17) is 18.9 Å². The zero-order chi connectivity index (χ0) is 29.3. The largest absolute Gasteiger partial charge is 0.493 e. The molecule has 0 aliphatic carbocycles. The van der Waals surface area contributed by atoms with Crippen LogP contribution in [0.15, 0.2) is 72.9 Å². The number of benzene rings is 3. The molecule has 0 bridgehead atoms. The Bertz CT molecular complexity index is 1550. The number of fused-ring (bicyclic) bond motifs is 1. The van der Waals surface area contributed by atoms with E-state index in [2.05, 4.69) is 20.5 Å². The van der Waals surface area contributed by atoms with Gasteiger partial charge in [0.1, 0.15) is 12.4 Å². The van der Waals surface area contributed by atoms with Crippen molar-refractivity contribution in [1.82, 2.24) is 15.2 Å². The van der Waals surface area contributed by atoms with Crippen LogP contribution in [0.3, 0.4) is 0 Å². The number of urea groups is 1. The Morgan fingerprint density at radius 3 is 2.55 bits per heavy atom. The fourth-order valence-electron chi connectivity index (χ4n) is 4.49. The van der Waals surface area contributed by atoms with Gasteiger partial charge >= 0.3 is 6.03 Å². The van der Waals surface area contributed by atoms with Crippen molar-refractivity contribution in [3.05, 3.63) is 84.3 Å². The van der Waals surface area contributed by atoms with Crippen LogP contribution in [-0.2, 0) is 16.0 Å². The molecule has 4 aromatic rings. The Hall–Kier alpha value is -4.74. The maximum Gasteiger partial charge on any atom is 0.325 e. The number of amides is 3. The minimum Gasteiger partial charge on any atom is -0.493 e. The molecule has 1 aliphatic heterocycles. The summed E-state index contributed by atoms with van der Waals surface area (Å²) in [5, 5.41) is 5.30.